The maximum absolute atomic E-state index is 11.8. The largest absolute Gasteiger partial charge is 0.493 e. The topological polar surface area (TPSA) is 133 Å². The molecule has 0 aliphatic rings. The van der Waals surface area contributed by atoms with E-state index in [-0.39, 0.29) is 4.90 Å². The van der Waals surface area contributed by atoms with Crippen LogP contribution in [0, 0.1) is 0 Å². The number of sulfonamides is 1. The van der Waals surface area contributed by atoms with Crippen molar-refractivity contribution < 1.29 is 36.8 Å². The molecule has 0 atom stereocenters. The van der Waals surface area contributed by atoms with Gasteiger partial charge in [0, 0.05) is 11.1 Å². The third kappa shape index (κ3) is 5.79. The first-order valence-corrected chi connectivity index (χ1v) is 13.7. The van der Waals surface area contributed by atoms with Crippen LogP contribution in [0.1, 0.15) is 11.3 Å². The molecule has 0 amide bonds. The first-order valence-electron chi connectivity index (χ1n) is 12.2. The minimum absolute atomic E-state index is 0.0145. The fourth-order valence-corrected chi connectivity index (χ4v) is 4.90. The van der Waals surface area contributed by atoms with Crippen LogP contribution >= 0.6 is 0 Å². The fourth-order valence-electron chi connectivity index (χ4n) is 4.38. The number of benzene rings is 3. The van der Waals surface area contributed by atoms with E-state index in [2.05, 4.69) is 0 Å². The molecule has 2 N–H and O–H groups in total. The van der Waals surface area contributed by atoms with Gasteiger partial charge in [0.1, 0.15) is 0 Å². The van der Waals surface area contributed by atoms with Crippen LogP contribution in [0.5, 0.6) is 34.5 Å². The summed E-state index contributed by atoms with van der Waals surface area (Å²) in [4.78, 5) is -0.0145. The molecule has 0 unspecified atom stereocenters. The Morgan fingerprint density at radius 3 is 1.78 bits per heavy atom. The summed E-state index contributed by atoms with van der Waals surface area (Å²) in [5.41, 5.74) is 3.22. The summed E-state index contributed by atoms with van der Waals surface area (Å²) < 4.78 is 58.6. The molecule has 0 spiro atoms. The summed E-state index contributed by atoms with van der Waals surface area (Å²) in [7, 11) is 5.38. The number of nitrogens with zero attached hydrogens (tertiary/aromatic N) is 2. The normalized spacial score (nSPS) is 11.4. The highest BCUT2D eigenvalue weighted by molar-refractivity contribution is 7.89. The van der Waals surface area contributed by atoms with Gasteiger partial charge in [-0.05, 0) is 66.7 Å². The van der Waals surface area contributed by atoms with Gasteiger partial charge < -0.3 is 28.4 Å². The zero-order valence-electron chi connectivity index (χ0n) is 23.5. The fraction of sp³-hybridized carbons (Fsp3) is 0.207. The molecule has 0 fully saturated rings. The van der Waals surface area contributed by atoms with Crippen LogP contribution in [0.2, 0.25) is 0 Å². The first kappa shape index (κ1) is 29.3. The van der Waals surface area contributed by atoms with E-state index < -0.39 is 10.0 Å². The van der Waals surface area contributed by atoms with Gasteiger partial charge in [0.15, 0.2) is 23.0 Å². The molecule has 0 saturated carbocycles. The maximum atomic E-state index is 11.8. The summed E-state index contributed by atoms with van der Waals surface area (Å²) in [6, 6.07) is 15.2. The molecule has 216 valence electrons. The van der Waals surface area contributed by atoms with Gasteiger partial charge in [0.05, 0.1) is 64.6 Å². The summed E-state index contributed by atoms with van der Waals surface area (Å²) in [6.45, 7) is 0. The molecule has 11 nitrogen and oxygen atoms in total. The SMILES string of the molecule is COc1ccc(/C=C/c2cc(-c3ccc(OC)c(OC)c3OC)n(-c3ccc(S(N)(=O)=O)cc3)n2)c(OC)c1OC. The van der Waals surface area contributed by atoms with Crippen molar-refractivity contribution in [3.05, 3.63) is 65.9 Å². The van der Waals surface area contributed by atoms with Gasteiger partial charge in [-0.2, -0.15) is 5.10 Å². The Bertz CT molecular complexity index is 1680. The summed E-state index contributed by atoms with van der Waals surface area (Å²) >= 11 is 0. The molecule has 0 radical (unpaired) electrons. The molecule has 1 heterocycles. The van der Waals surface area contributed by atoms with Crippen molar-refractivity contribution in [2.75, 3.05) is 42.7 Å². The summed E-state index contributed by atoms with van der Waals surface area (Å²) in [6.07, 6.45) is 3.66. The van der Waals surface area contributed by atoms with Crippen molar-refractivity contribution in [2.24, 2.45) is 5.14 Å². The van der Waals surface area contributed by atoms with Gasteiger partial charge in [0.2, 0.25) is 21.5 Å². The van der Waals surface area contributed by atoms with Gasteiger partial charge in [0.25, 0.3) is 0 Å². The lowest BCUT2D eigenvalue weighted by Gasteiger charge is -2.16. The van der Waals surface area contributed by atoms with E-state index in [1.807, 2.05) is 30.4 Å². The van der Waals surface area contributed by atoms with Crippen molar-refractivity contribution >= 4 is 22.2 Å². The Hall–Kier alpha value is -4.68. The number of primary sulfonamides is 1. The Morgan fingerprint density at radius 1 is 0.683 bits per heavy atom. The molecule has 4 rings (SSSR count). The van der Waals surface area contributed by atoms with Gasteiger partial charge >= 0.3 is 0 Å². The molecular formula is C29H31N3O8S. The zero-order valence-corrected chi connectivity index (χ0v) is 24.3. The lowest BCUT2D eigenvalue weighted by molar-refractivity contribution is 0.324. The average molecular weight is 582 g/mol. The predicted octanol–water partition coefficient (Wildman–Crippen LogP) is 4.41. The number of rotatable bonds is 11. The molecule has 0 aliphatic heterocycles. The minimum atomic E-state index is -3.87. The van der Waals surface area contributed by atoms with Crippen LogP contribution in [0.4, 0.5) is 0 Å². The highest BCUT2D eigenvalue weighted by Crippen LogP contribution is 2.45. The third-order valence-corrected chi connectivity index (χ3v) is 7.22. The van der Waals surface area contributed by atoms with Crippen molar-refractivity contribution in [1.29, 1.82) is 0 Å². The highest BCUT2D eigenvalue weighted by atomic mass is 32.2. The Balaban J connectivity index is 1.90. The smallest absolute Gasteiger partial charge is 0.238 e. The Morgan fingerprint density at radius 2 is 1.24 bits per heavy atom. The highest BCUT2D eigenvalue weighted by Gasteiger charge is 2.22. The lowest BCUT2D eigenvalue weighted by Crippen LogP contribution is -2.12. The van der Waals surface area contributed by atoms with Crippen molar-refractivity contribution in [1.82, 2.24) is 9.78 Å². The third-order valence-electron chi connectivity index (χ3n) is 6.29. The number of methoxy groups -OCH3 is 6. The van der Waals surface area contributed by atoms with Crippen LogP contribution in [0.15, 0.2) is 59.5 Å². The summed E-state index contributed by atoms with van der Waals surface area (Å²) in [5, 5.41) is 10.1. The molecule has 12 heteroatoms. The van der Waals surface area contributed by atoms with Gasteiger partial charge in [-0.3, -0.25) is 0 Å². The Kier molecular flexibility index (Phi) is 8.74. The van der Waals surface area contributed by atoms with E-state index in [1.165, 1.54) is 26.4 Å². The molecule has 1 aromatic heterocycles. The van der Waals surface area contributed by atoms with Crippen LogP contribution < -0.4 is 33.6 Å². The molecule has 4 aromatic rings. The van der Waals surface area contributed by atoms with E-state index in [1.54, 1.807) is 57.4 Å². The quantitative estimate of drug-likeness (QED) is 0.273. The number of ether oxygens (including phenoxy) is 6. The van der Waals surface area contributed by atoms with E-state index in [0.29, 0.717) is 57.1 Å². The van der Waals surface area contributed by atoms with Crippen molar-refractivity contribution in [3.8, 4) is 51.4 Å². The Labute approximate surface area is 238 Å². The van der Waals surface area contributed by atoms with E-state index >= 15 is 0 Å². The van der Waals surface area contributed by atoms with Gasteiger partial charge in [-0.25, -0.2) is 18.2 Å². The molecule has 0 saturated heterocycles. The van der Waals surface area contributed by atoms with Crippen LogP contribution in [0.25, 0.3) is 29.1 Å². The standard InChI is InChI=1S/C29H31N3O8S/c1-35-24-15-8-18(26(37-3)28(24)39-5)7-9-19-17-23(22-14-16-25(36-2)29(40-6)27(22)38-4)32(31-19)20-10-12-21(13-11-20)41(30,33)34/h7-17H,1-6H3,(H2,30,33,34)/b9-7+. The van der Waals surface area contributed by atoms with E-state index in [0.717, 1.165) is 5.56 Å². The minimum Gasteiger partial charge on any atom is -0.493 e. The molecular weight excluding hydrogens is 550 g/mol. The van der Waals surface area contributed by atoms with E-state index in [9.17, 15) is 8.42 Å². The molecule has 41 heavy (non-hydrogen) atoms. The number of hydrogen-bond acceptors (Lipinski definition) is 9. The van der Waals surface area contributed by atoms with Crippen molar-refractivity contribution in [3.63, 3.8) is 0 Å². The van der Waals surface area contributed by atoms with Gasteiger partial charge in [-0.1, -0.05) is 0 Å². The molecule has 0 aliphatic carbocycles. The van der Waals surface area contributed by atoms with Crippen molar-refractivity contribution in [2.45, 2.75) is 4.90 Å². The zero-order chi connectivity index (χ0) is 29.7. The number of aromatic nitrogens is 2. The average Bonchev–Trinajstić information content (AvgIpc) is 3.42. The predicted molar refractivity (Wildman–Crippen MR) is 155 cm³/mol. The number of hydrogen-bond donors (Lipinski definition) is 1. The number of nitrogens with two attached hydrogens (primary N) is 1. The van der Waals surface area contributed by atoms with Gasteiger partial charge in [-0.15, -0.1) is 0 Å². The lowest BCUT2D eigenvalue weighted by atomic mass is 10.1. The summed E-state index contributed by atoms with van der Waals surface area (Å²) in [5.74, 6) is 2.85. The second-order valence-corrected chi connectivity index (χ2v) is 10.1. The molecule has 3 aromatic carbocycles. The molecule has 0 bridgehead atoms. The second-order valence-electron chi connectivity index (χ2n) is 8.54. The van der Waals surface area contributed by atoms with Crippen LogP contribution in [-0.4, -0.2) is 60.9 Å². The van der Waals surface area contributed by atoms with Crippen LogP contribution in [0.3, 0.4) is 0 Å². The first-order chi connectivity index (χ1) is 19.7. The van der Waals surface area contributed by atoms with E-state index in [4.69, 9.17) is 38.7 Å². The maximum Gasteiger partial charge on any atom is 0.238 e. The monoisotopic (exact) mass is 581 g/mol. The van der Waals surface area contributed by atoms with Crippen LogP contribution in [-0.2, 0) is 10.0 Å². The second kappa shape index (κ2) is 12.2.